The maximum atomic E-state index is 4.18. The van der Waals surface area contributed by atoms with E-state index in [1.165, 1.54) is 0 Å². The molecule has 2 rings (SSSR count). The SMILES string of the molecule is Cc1nc2nccc(S)n2n1. The van der Waals surface area contributed by atoms with Gasteiger partial charge in [-0.1, -0.05) is 0 Å². The van der Waals surface area contributed by atoms with Crippen molar-refractivity contribution < 1.29 is 0 Å². The molecule has 11 heavy (non-hydrogen) atoms. The number of hydrogen-bond acceptors (Lipinski definition) is 4. The van der Waals surface area contributed by atoms with E-state index in [9.17, 15) is 0 Å². The molecule has 5 heteroatoms. The van der Waals surface area contributed by atoms with Crippen LogP contribution in [-0.4, -0.2) is 19.6 Å². The summed E-state index contributed by atoms with van der Waals surface area (Å²) >= 11 is 4.18. The van der Waals surface area contributed by atoms with E-state index < -0.39 is 0 Å². The molecule has 0 aliphatic rings. The average Bonchev–Trinajstić information content (AvgIpc) is 2.31. The topological polar surface area (TPSA) is 43.1 Å². The highest BCUT2D eigenvalue weighted by Gasteiger charge is 2.00. The van der Waals surface area contributed by atoms with Crippen LogP contribution in [0.4, 0.5) is 0 Å². The Balaban J connectivity index is 2.90. The molecule has 0 atom stereocenters. The van der Waals surface area contributed by atoms with Gasteiger partial charge >= 0.3 is 0 Å². The second kappa shape index (κ2) is 2.20. The van der Waals surface area contributed by atoms with Crippen molar-refractivity contribution in [2.75, 3.05) is 0 Å². The quantitative estimate of drug-likeness (QED) is 0.463. The van der Waals surface area contributed by atoms with Crippen molar-refractivity contribution in [3.63, 3.8) is 0 Å². The molecule has 0 bridgehead atoms. The van der Waals surface area contributed by atoms with Crippen molar-refractivity contribution in [3.05, 3.63) is 18.1 Å². The van der Waals surface area contributed by atoms with E-state index in [4.69, 9.17) is 0 Å². The van der Waals surface area contributed by atoms with Gasteiger partial charge in [0, 0.05) is 6.20 Å². The van der Waals surface area contributed by atoms with Crippen LogP contribution in [-0.2, 0) is 0 Å². The maximum Gasteiger partial charge on any atom is 0.253 e. The zero-order valence-electron chi connectivity index (χ0n) is 5.89. The van der Waals surface area contributed by atoms with Crippen LogP contribution in [0.1, 0.15) is 5.82 Å². The molecule has 0 amide bonds. The first-order valence-corrected chi connectivity index (χ1v) is 3.59. The Morgan fingerprint density at radius 1 is 1.55 bits per heavy atom. The lowest BCUT2D eigenvalue weighted by atomic mass is 10.7. The van der Waals surface area contributed by atoms with Crippen molar-refractivity contribution in [1.82, 2.24) is 19.6 Å². The second-order valence-electron chi connectivity index (χ2n) is 2.17. The number of aromatic nitrogens is 4. The lowest BCUT2D eigenvalue weighted by Gasteiger charge is -1.91. The van der Waals surface area contributed by atoms with Crippen LogP contribution in [0.3, 0.4) is 0 Å². The van der Waals surface area contributed by atoms with Gasteiger partial charge in [-0.25, -0.2) is 4.98 Å². The third kappa shape index (κ3) is 0.970. The normalized spacial score (nSPS) is 10.7. The number of nitrogens with zero attached hydrogens (tertiary/aromatic N) is 4. The Hall–Kier alpha value is -1.10. The van der Waals surface area contributed by atoms with Crippen molar-refractivity contribution in [1.29, 1.82) is 0 Å². The van der Waals surface area contributed by atoms with E-state index in [1.807, 2.05) is 6.92 Å². The molecule has 0 N–H and O–H groups in total. The van der Waals surface area contributed by atoms with Crippen LogP contribution in [0, 0.1) is 6.92 Å². The van der Waals surface area contributed by atoms with Crippen LogP contribution >= 0.6 is 12.6 Å². The summed E-state index contributed by atoms with van der Waals surface area (Å²) in [5.41, 5.74) is 0. The number of rotatable bonds is 0. The van der Waals surface area contributed by atoms with Gasteiger partial charge in [0.15, 0.2) is 0 Å². The summed E-state index contributed by atoms with van der Waals surface area (Å²) in [5, 5.41) is 4.83. The minimum Gasteiger partial charge on any atom is -0.220 e. The van der Waals surface area contributed by atoms with Crippen molar-refractivity contribution >= 4 is 18.4 Å². The zero-order chi connectivity index (χ0) is 7.84. The summed E-state index contributed by atoms with van der Waals surface area (Å²) in [6.45, 7) is 1.82. The molecule has 2 aromatic rings. The number of hydrogen-bond donors (Lipinski definition) is 1. The van der Waals surface area contributed by atoms with Gasteiger partial charge in [-0.15, -0.1) is 17.7 Å². The molecule has 0 aromatic carbocycles. The Morgan fingerprint density at radius 3 is 3.09 bits per heavy atom. The number of aryl methyl sites for hydroxylation is 1. The third-order valence-corrected chi connectivity index (χ3v) is 1.67. The summed E-state index contributed by atoms with van der Waals surface area (Å²) in [4.78, 5) is 8.07. The van der Waals surface area contributed by atoms with E-state index in [2.05, 4.69) is 27.7 Å². The predicted octanol–water partition coefficient (Wildman–Crippen LogP) is 0.721. The summed E-state index contributed by atoms with van der Waals surface area (Å²) in [6.07, 6.45) is 1.66. The molecule has 0 saturated carbocycles. The van der Waals surface area contributed by atoms with Crippen LogP contribution < -0.4 is 0 Å². The minimum atomic E-state index is 0.593. The Morgan fingerprint density at radius 2 is 2.36 bits per heavy atom. The Bertz CT molecular complexity index is 394. The Kier molecular flexibility index (Phi) is 1.32. The van der Waals surface area contributed by atoms with E-state index in [0.29, 0.717) is 11.6 Å². The van der Waals surface area contributed by atoms with Gasteiger partial charge in [0.2, 0.25) is 0 Å². The fraction of sp³-hybridized carbons (Fsp3) is 0.167. The first-order valence-electron chi connectivity index (χ1n) is 3.15. The largest absolute Gasteiger partial charge is 0.253 e. The first kappa shape index (κ1) is 6.60. The second-order valence-corrected chi connectivity index (χ2v) is 2.63. The highest BCUT2D eigenvalue weighted by atomic mass is 32.1. The van der Waals surface area contributed by atoms with E-state index in [0.717, 1.165) is 5.03 Å². The summed E-state index contributed by atoms with van der Waals surface area (Å²) in [6, 6.07) is 1.77. The van der Waals surface area contributed by atoms with Crippen LogP contribution in [0.25, 0.3) is 5.78 Å². The molecule has 2 heterocycles. The van der Waals surface area contributed by atoms with Gasteiger partial charge in [0.05, 0.1) is 0 Å². The lowest BCUT2D eigenvalue weighted by Crippen LogP contribution is -1.91. The summed E-state index contributed by atoms with van der Waals surface area (Å²) in [5.74, 6) is 1.30. The van der Waals surface area contributed by atoms with Crippen LogP contribution in [0.5, 0.6) is 0 Å². The first-order chi connectivity index (χ1) is 5.27. The van der Waals surface area contributed by atoms with E-state index >= 15 is 0 Å². The number of thiol groups is 1. The van der Waals surface area contributed by atoms with Crippen molar-refractivity contribution in [3.8, 4) is 0 Å². The van der Waals surface area contributed by atoms with Crippen LogP contribution in [0.2, 0.25) is 0 Å². The maximum absolute atomic E-state index is 4.18. The highest BCUT2D eigenvalue weighted by molar-refractivity contribution is 7.80. The smallest absolute Gasteiger partial charge is 0.220 e. The van der Waals surface area contributed by atoms with Gasteiger partial charge in [-0.3, -0.25) is 0 Å². The fourth-order valence-electron chi connectivity index (χ4n) is 0.882. The molecule has 0 aliphatic carbocycles. The molecule has 0 saturated heterocycles. The van der Waals surface area contributed by atoms with Crippen LogP contribution in [0.15, 0.2) is 17.3 Å². The summed E-state index contributed by atoms with van der Waals surface area (Å²) in [7, 11) is 0. The van der Waals surface area contributed by atoms with E-state index in [1.54, 1.807) is 16.8 Å². The molecule has 2 aromatic heterocycles. The molecule has 0 aliphatic heterocycles. The molecule has 0 spiro atoms. The summed E-state index contributed by atoms with van der Waals surface area (Å²) < 4.78 is 1.60. The molecular weight excluding hydrogens is 160 g/mol. The monoisotopic (exact) mass is 166 g/mol. The van der Waals surface area contributed by atoms with E-state index in [-0.39, 0.29) is 0 Å². The zero-order valence-corrected chi connectivity index (χ0v) is 6.79. The fourth-order valence-corrected chi connectivity index (χ4v) is 1.08. The van der Waals surface area contributed by atoms with Gasteiger partial charge in [0.1, 0.15) is 10.9 Å². The molecular formula is C6H6N4S. The molecule has 0 fully saturated rings. The lowest BCUT2D eigenvalue weighted by molar-refractivity contribution is 0.832. The molecule has 4 nitrogen and oxygen atoms in total. The third-order valence-electron chi connectivity index (χ3n) is 1.33. The molecule has 56 valence electrons. The molecule has 0 radical (unpaired) electrons. The highest BCUT2D eigenvalue weighted by Crippen LogP contribution is 2.05. The van der Waals surface area contributed by atoms with Gasteiger partial charge in [-0.05, 0) is 13.0 Å². The molecule has 0 unspecified atom stereocenters. The Labute approximate surface area is 68.7 Å². The number of fused-ring (bicyclic) bond motifs is 1. The minimum absolute atomic E-state index is 0.593. The van der Waals surface area contributed by atoms with Crippen molar-refractivity contribution in [2.24, 2.45) is 0 Å². The average molecular weight is 166 g/mol. The van der Waals surface area contributed by atoms with Gasteiger partial charge < -0.3 is 0 Å². The van der Waals surface area contributed by atoms with Gasteiger partial charge in [-0.2, -0.15) is 9.50 Å². The predicted molar refractivity (Wildman–Crippen MR) is 42.8 cm³/mol. The van der Waals surface area contributed by atoms with Gasteiger partial charge in [0.25, 0.3) is 5.78 Å². The van der Waals surface area contributed by atoms with Crippen molar-refractivity contribution in [2.45, 2.75) is 11.9 Å². The standard InChI is InChI=1S/C6H6N4S/c1-4-8-6-7-3-2-5(11)10(6)9-4/h2-3,11H,1H3.